The van der Waals surface area contributed by atoms with Crippen LogP contribution in [0, 0.1) is 0 Å². The number of rotatable bonds is 4. The highest BCUT2D eigenvalue weighted by atomic mass is 35.5. The van der Waals surface area contributed by atoms with E-state index in [0.717, 1.165) is 21.9 Å². The summed E-state index contributed by atoms with van der Waals surface area (Å²) >= 11 is 6.26. The number of aromatic nitrogens is 2. The first kappa shape index (κ1) is 18.1. The lowest BCUT2D eigenvalue weighted by molar-refractivity contribution is -0.134. The largest absolute Gasteiger partial charge is 0.422 e. The standard InChI is InChI=1S/C20H19ClN2O3/c1-4-12-10-11-13-8-6-7-9-14(13)16(12)17-18(26-15(24)5-2)19(21)22-23(3)20(17)25/h6-11H,4-5H2,1-3H3. The van der Waals surface area contributed by atoms with E-state index in [-0.39, 0.29) is 28.4 Å². The van der Waals surface area contributed by atoms with Crippen LogP contribution in [0.4, 0.5) is 0 Å². The van der Waals surface area contributed by atoms with Gasteiger partial charge in [-0.15, -0.1) is 0 Å². The number of fused-ring (bicyclic) bond motifs is 1. The number of carbonyl (C=O) groups excluding carboxylic acids is 1. The van der Waals surface area contributed by atoms with Gasteiger partial charge in [-0.1, -0.05) is 61.8 Å². The highest BCUT2D eigenvalue weighted by molar-refractivity contribution is 6.31. The van der Waals surface area contributed by atoms with Gasteiger partial charge in [0.2, 0.25) is 0 Å². The Kier molecular flexibility index (Phi) is 5.09. The lowest BCUT2D eigenvalue weighted by atomic mass is 9.92. The lowest BCUT2D eigenvalue weighted by Gasteiger charge is -2.16. The van der Waals surface area contributed by atoms with Crippen LogP contribution in [-0.2, 0) is 18.3 Å². The molecule has 0 amide bonds. The third-order valence-electron chi connectivity index (χ3n) is 4.31. The Bertz CT molecular complexity index is 1060. The van der Waals surface area contributed by atoms with Gasteiger partial charge < -0.3 is 4.74 Å². The zero-order valence-corrected chi connectivity index (χ0v) is 15.6. The summed E-state index contributed by atoms with van der Waals surface area (Å²) in [6.07, 6.45) is 0.881. The van der Waals surface area contributed by atoms with Crippen molar-refractivity contribution in [3.63, 3.8) is 0 Å². The molecule has 0 bridgehead atoms. The molecule has 5 nitrogen and oxygen atoms in total. The van der Waals surface area contributed by atoms with Crippen molar-refractivity contribution in [3.8, 4) is 16.9 Å². The van der Waals surface area contributed by atoms with Crippen molar-refractivity contribution in [2.45, 2.75) is 26.7 Å². The lowest BCUT2D eigenvalue weighted by Crippen LogP contribution is -2.24. The number of nitrogens with zero attached hydrogens (tertiary/aromatic N) is 2. The summed E-state index contributed by atoms with van der Waals surface area (Å²) < 4.78 is 6.59. The van der Waals surface area contributed by atoms with Gasteiger partial charge in [0.05, 0.1) is 5.56 Å². The molecule has 0 saturated carbocycles. The van der Waals surface area contributed by atoms with Crippen LogP contribution in [-0.4, -0.2) is 15.7 Å². The van der Waals surface area contributed by atoms with Gasteiger partial charge in [-0.3, -0.25) is 9.59 Å². The van der Waals surface area contributed by atoms with E-state index in [1.54, 1.807) is 6.92 Å². The fraction of sp³-hybridized carbons (Fsp3) is 0.250. The summed E-state index contributed by atoms with van der Waals surface area (Å²) in [6, 6.07) is 11.8. The van der Waals surface area contributed by atoms with Gasteiger partial charge in [0, 0.05) is 19.0 Å². The fourth-order valence-electron chi connectivity index (χ4n) is 2.99. The molecule has 0 aliphatic heterocycles. The Morgan fingerprint density at radius 1 is 1.15 bits per heavy atom. The molecule has 0 saturated heterocycles. The molecule has 0 N–H and O–H groups in total. The minimum Gasteiger partial charge on any atom is -0.422 e. The minimum absolute atomic E-state index is 0.0149. The van der Waals surface area contributed by atoms with E-state index >= 15 is 0 Å². The van der Waals surface area contributed by atoms with Crippen molar-refractivity contribution >= 4 is 28.3 Å². The number of hydrogen-bond acceptors (Lipinski definition) is 4. The highest BCUT2D eigenvalue weighted by Crippen LogP contribution is 2.38. The molecule has 0 atom stereocenters. The molecule has 0 aliphatic carbocycles. The number of hydrogen-bond donors (Lipinski definition) is 0. The van der Waals surface area contributed by atoms with E-state index in [1.807, 2.05) is 43.3 Å². The second-order valence-electron chi connectivity index (χ2n) is 5.93. The zero-order valence-electron chi connectivity index (χ0n) is 14.9. The second-order valence-corrected chi connectivity index (χ2v) is 6.28. The quantitative estimate of drug-likeness (QED) is 0.648. The Balaban J connectivity index is 2.46. The average Bonchev–Trinajstić information content (AvgIpc) is 2.65. The van der Waals surface area contributed by atoms with Crippen molar-refractivity contribution in [2.24, 2.45) is 7.05 Å². The molecular weight excluding hydrogens is 352 g/mol. The number of carbonyl (C=O) groups is 1. The monoisotopic (exact) mass is 370 g/mol. The number of aryl methyl sites for hydroxylation is 2. The Labute approximate surface area is 156 Å². The number of benzene rings is 2. The molecule has 2 aromatic carbocycles. The van der Waals surface area contributed by atoms with Gasteiger partial charge in [0.25, 0.3) is 5.56 Å². The van der Waals surface area contributed by atoms with Gasteiger partial charge in [0.1, 0.15) is 0 Å². The normalized spacial score (nSPS) is 10.9. The van der Waals surface area contributed by atoms with Gasteiger partial charge in [-0.25, -0.2) is 4.68 Å². The van der Waals surface area contributed by atoms with Crippen molar-refractivity contribution in [1.82, 2.24) is 9.78 Å². The molecule has 6 heteroatoms. The number of ether oxygens (including phenoxy) is 1. The van der Waals surface area contributed by atoms with E-state index in [9.17, 15) is 9.59 Å². The number of esters is 1. The van der Waals surface area contributed by atoms with E-state index in [0.29, 0.717) is 6.42 Å². The summed E-state index contributed by atoms with van der Waals surface area (Å²) in [6.45, 7) is 3.69. The maximum atomic E-state index is 13.0. The Morgan fingerprint density at radius 3 is 2.58 bits per heavy atom. The van der Waals surface area contributed by atoms with E-state index < -0.39 is 5.97 Å². The second kappa shape index (κ2) is 7.30. The summed E-state index contributed by atoms with van der Waals surface area (Å²) in [5.41, 5.74) is 1.61. The summed E-state index contributed by atoms with van der Waals surface area (Å²) in [4.78, 5) is 24.9. The Hall–Kier alpha value is -2.66. The highest BCUT2D eigenvalue weighted by Gasteiger charge is 2.24. The first-order chi connectivity index (χ1) is 12.5. The van der Waals surface area contributed by atoms with E-state index in [2.05, 4.69) is 5.10 Å². The molecule has 0 fully saturated rings. The van der Waals surface area contributed by atoms with Crippen LogP contribution in [0.5, 0.6) is 5.75 Å². The molecule has 26 heavy (non-hydrogen) atoms. The predicted molar refractivity (Wildman–Crippen MR) is 103 cm³/mol. The van der Waals surface area contributed by atoms with Crippen LogP contribution in [0.2, 0.25) is 5.15 Å². The van der Waals surface area contributed by atoms with Crippen LogP contribution in [0.25, 0.3) is 21.9 Å². The molecule has 0 aliphatic rings. The SMILES string of the molecule is CCC(=O)Oc1c(Cl)nn(C)c(=O)c1-c1c(CC)ccc2ccccc12. The molecule has 0 unspecified atom stereocenters. The third-order valence-corrected chi connectivity index (χ3v) is 4.56. The molecule has 3 aromatic rings. The minimum atomic E-state index is -0.471. The van der Waals surface area contributed by atoms with Gasteiger partial charge in [-0.2, -0.15) is 5.10 Å². The zero-order chi connectivity index (χ0) is 18.8. The van der Waals surface area contributed by atoms with Crippen LogP contribution in [0.1, 0.15) is 25.8 Å². The van der Waals surface area contributed by atoms with Gasteiger partial charge in [0.15, 0.2) is 10.9 Å². The third kappa shape index (κ3) is 3.10. The van der Waals surface area contributed by atoms with E-state index in [1.165, 1.54) is 11.7 Å². The van der Waals surface area contributed by atoms with Crippen molar-refractivity contribution in [3.05, 3.63) is 57.5 Å². The summed E-state index contributed by atoms with van der Waals surface area (Å²) in [7, 11) is 1.53. The molecule has 0 radical (unpaired) electrons. The van der Waals surface area contributed by atoms with Crippen molar-refractivity contribution < 1.29 is 9.53 Å². The van der Waals surface area contributed by atoms with E-state index in [4.69, 9.17) is 16.3 Å². The van der Waals surface area contributed by atoms with Crippen LogP contribution in [0.3, 0.4) is 0 Å². The predicted octanol–water partition coefficient (Wildman–Crippen LogP) is 4.13. The Morgan fingerprint density at radius 2 is 1.88 bits per heavy atom. The fourth-order valence-corrected chi connectivity index (χ4v) is 3.24. The first-order valence-corrected chi connectivity index (χ1v) is 8.84. The summed E-state index contributed by atoms with van der Waals surface area (Å²) in [5.74, 6) is -0.450. The van der Waals surface area contributed by atoms with Crippen molar-refractivity contribution in [2.75, 3.05) is 0 Å². The topological polar surface area (TPSA) is 61.2 Å². The maximum absolute atomic E-state index is 13.0. The molecule has 1 aromatic heterocycles. The average molecular weight is 371 g/mol. The molecule has 3 rings (SSSR count). The summed E-state index contributed by atoms with van der Waals surface area (Å²) in [5, 5.41) is 5.85. The molecule has 0 spiro atoms. The van der Waals surface area contributed by atoms with Crippen LogP contribution < -0.4 is 10.3 Å². The van der Waals surface area contributed by atoms with Crippen LogP contribution >= 0.6 is 11.6 Å². The maximum Gasteiger partial charge on any atom is 0.311 e. The van der Waals surface area contributed by atoms with Crippen molar-refractivity contribution in [1.29, 1.82) is 0 Å². The van der Waals surface area contributed by atoms with Crippen LogP contribution in [0.15, 0.2) is 41.2 Å². The number of halogens is 1. The van der Waals surface area contributed by atoms with Gasteiger partial charge >= 0.3 is 5.97 Å². The molecule has 1 heterocycles. The molecule has 134 valence electrons. The smallest absolute Gasteiger partial charge is 0.311 e. The first-order valence-electron chi connectivity index (χ1n) is 8.46. The molecular formula is C20H19ClN2O3. The van der Waals surface area contributed by atoms with Gasteiger partial charge in [-0.05, 0) is 22.8 Å².